The van der Waals surface area contributed by atoms with Gasteiger partial charge in [0.1, 0.15) is 0 Å². The van der Waals surface area contributed by atoms with Crippen molar-refractivity contribution in [1.29, 1.82) is 0 Å². The fourth-order valence-electron chi connectivity index (χ4n) is 1.96. The Balaban J connectivity index is 1.87. The van der Waals surface area contributed by atoms with E-state index in [0.29, 0.717) is 13.0 Å². The standard InChI is InChI=1S/C12H23NO3/c1-2-3-4-5-6-7-8-9-10-12(11-16-12)13(14)15/h2-11H2,1H3. The fraction of sp³-hybridized carbons (Fsp3) is 1.00. The summed E-state index contributed by atoms with van der Waals surface area (Å²) in [5, 5.41) is 10.6. The van der Waals surface area contributed by atoms with Gasteiger partial charge in [-0.25, -0.2) is 0 Å². The lowest BCUT2D eigenvalue weighted by atomic mass is 10.1. The van der Waals surface area contributed by atoms with E-state index in [0.717, 1.165) is 12.8 Å². The summed E-state index contributed by atoms with van der Waals surface area (Å²) < 4.78 is 4.92. The third kappa shape index (κ3) is 4.47. The molecule has 0 radical (unpaired) electrons. The number of hydrogen-bond donors (Lipinski definition) is 0. The van der Waals surface area contributed by atoms with Gasteiger partial charge in [0.15, 0.2) is 6.61 Å². The van der Waals surface area contributed by atoms with E-state index in [4.69, 9.17) is 4.74 Å². The number of hydrogen-bond acceptors (Lipinski definition) is 3. The number of rotatable bonds is 10. The van der Waals surface area contributed by atoms with E-state index < -0.39 is 5.72 Å². The highest BCUT2D eigenvalue weighted by Crippen LogP contribution is 2.33. The molecule has 0 saturated carbocycles. The summed E-state index contributed by atoms with van der Waals surface area (Å²) in [4.78, 5) is 10.3. The normalized spacial score (nSPS) is 23.3. The Morgan fingerprint density at radius 1 is 1.12 bits per heavy atom. The van der Waals surface area contributed by atoms with Gasteiger partial charge in [-0.15, -0.1) is 0 Å². The van der Waals surface area contributed by atoms with Gasteiger partial charge in [-0.05, 0) is 6.42 Å². The molecule has 1 fully saturated rings. The largest absolute Gasteiger partial charge is 0.348 e. The molecule has 4 heteroatoms. The van der Waals surface area contributed by atoms with Crippen LogP contribution in [-0.2, 0) is 4.74 Å². The molecule has 0 bridgehead atoms. The number of ether oxygens (including phenoxy) is 1. The topological polar surface area (TPSA) is 55.7 Å². The molecular formula is C12H23NO3. The molecule has 1 rings (SSSR count). The molecule has 1 aliphatic rings. The Morgan fingerprint density at radius 3 is 2.06 bits per heavy atom. The first-order chi connectivity index (χ1) is 7.71. The summed E-state index contributed by atoms with van der Waals surface area (Å²) in [6, 6.07) is 0. The zero-order valence-electron chi connectivity index (χ0n) is 10.2. The van der Waals surface area contributed by atoms with Crippen LogP contribution in [0.5, 0.6) is 0 Å². The van der Waals surface area contributed by atoms with Crippen LogP contribution in [0.3, 0.4) is 0 Å². The third-order valence-corrected chi connectivity index (χ3v) is 3.23. The predicted molar refractivity (Wildman–Crippen MR) is 62.9 cm³/mol. The molecule has 1 heterocycles. The van der Waals surface area contributed by atoms with Crippen LogP contribution in [-0.4, -0.2) is 17.3 Å². The minimum atomic E-state index is -0.984. The first-order valence-electron chi connectivity index (χ1n) is 6.50. The van der Waals surface area contributed by atoms with Crippen LogP contribution >= 0.6 is 0 Å². The maximum atomic E-state index is 10.6. The summed E-state index contributed by atoms with van der Waals surface area (Å²) in [6.45, 7) is 2.53. The van der Waals surface area contributed by atoms with Crippen molar-refractivity contribution >= 4 is 0 Å². The summed E-state index contributed by atoms with van der Waals surface area (Å²) >= 11 is 0. The molecule has 0 amide bonds. The Labute approximate surface area is 97.5 Å². The van der Waals surface area contributed by atoms with Crippen LogP contribution in [0.25, 0.3) is 0 Å². The highest BCUT2D eigenvalue weighted by Gasteiger charge is 2.57. The van der Waals surface area contributed by atoms with Crippen LogP contribution in [0.4, 0.5) is 0 Å². The van der Waals surface area contributed by atoms with Crippen LogP contribution in [0.2, 0.25) is 0 Å². The van der Waals surface area contributed by atoms with Crippen molar-refractivity contribution in [3.05, 3.63) is 10.1 Å². The zero-order chi connectivity index (χ0) is 11.9. The molecule has 1 aliphatic heterocycles. The maximum absolute atomic E-state index is 10.6. The Morgan fingerprint density at radius 2 is 1.62 bits per heavy atom. The monoisotopic (exact) mass is 229 g/mol. The maximum Gasteiger partial charge on any atom is 0.348 e. The zero-order valence-corrected chi connectivity index (χ0v) is 10.2. The van der Waals surface area contributed by atoms with E-state index in [-0.39, 0.29) is 4.92 Å². The van der Waals surface area contributed by atoms with E-state index >= 15 is 0 Å². The van der Waals surface area contributed by atoms with Gasteiger partial charge in [-0.1, -0.05) is 51.9 Å². The van der Waals surface area contributed by atoms with Gasteiger partial charge < -0.3 is 4.74 Å². The third-order valence-electron chi connectivity index (χ3n) is 3.23. The predicted octanol–water partition coefficient (Wildman–Crippen LogP) is 3.52. The van der Waals surface area contributed by atoms with Crippen molar-refractivity contribution in [2.75, 3.05) is 6.61 Å². The van der Waals surface area contributed by atoms with E-state index in [1.807, 2.05) is 0 Å². The fourth-order valence-corrected chi connectivity index (χ4v) is 1.96. The van der Waals surface area contributed by atoms with Crippen molar-refractivity contribution < 1.29 is 9.66 Å². The first kappa shape index (κ1) is 13.4. The molecule has 1 saturated heterocycles. The van der Waals surface area contributed by atoms with Gasteiger partial charge in [0.2, 0.25) is 0 Å². The van der Waals surface area contributed by atoms with E-state index in [2.05, 4.69) is 6.92 Å². The van der Waals surface area contributed by atoms with Crippen molar-refractivity contribution in [1.82, 2.24) is 0 Å². The summed E-state index contributed by atoms with van der Waals surface area (Å²) in [6.07, 6.45) is 10.3. The number of nitrogens with zero attached hydrogens (tertiary/aromatic N) is 1. The summed E-state index contributed by atoms with van der Waals surface area (Å²) in [5.41, 5.74) is -0.984. The Kier molecular flexibility index (Phi) is 5.74. The lowest BCUT2D eigenvalue weighted by Gasteiger charge is -2.03. The van der Waals surface area contributed by atoms with Gasteiger partial charge in [-0.2, -0.15) is 0 Å². The van der Waals surface area contributed by atoms with Gasteiger partial charge >= 0.3 is 5.72 Å². The van der Waals surface area contributed by atoms with E-state index in [1.54, 1.807) is 0 Å². The SMILES string of the molecule is CCCCCCCCCCC1([N+](=O)[O-])CO1. The minimum absolute atomic E-state index is 0.270. The Bertz CT molecular complexity index is 214. The van der Waals surface area contributed by atoms with Gasteiger partial charge in [0, 0.05) is 6.42 Å². The molecule has 0 aromatic heterocycles. The minimum Gasteiger partial charge on any atom is -0.302 e. The lowest BCUT2D eigenvalue weighted by Crippen LogP contribution is -2.22. The lowest BCUT2D eigenvalue weighted by molar-refractivity contribution is -0.563. The first-order valence-corrected chi connectivity index (χ1v) is 6.50. The highest BCUT2D eigenvalue weighted by atomic mass is 16.7. The number of unbranched alkanes of at least 4 members (excludes halogenated alkanes) is 7. The molecule has 0 aromatic carbocycles. The van der Waals surface area contributed by atoms with Crippen molar-refractivity contribution in [2.45, 2.75) is 70.4 Å². The van der Waals surface area contributed by atoms with Crippen molar-refractivity contribution in [3.8, 4) is 0 Å². The molecule has 0 N–H and O–H groups in total. The quantitative estimate of drug-likeness (QED) is 0.249. The second kappa shape index (κ2) is 6.84. The molecule has 4 nitrogen and oxygen atoms in total. The van der Waals surface area contributed by atoms with Crippen molar-refractivity contribution in [3.63, 3.8) is 0 Å². The molecule has 1 unspecified atom stereocenters. The van der Waals surface area contributed by atoms with Crippen LogP contribution in [0.1, 0.15) is 64.7 Å². The number of epoxide rings is 1. The molecular weight excluding hydrogens is 206 g/mol. The molecule has 1 atom stereocenters. The van der Waals surface area contributed by atoms with Crippen LogP contribution in [0, 0.1) is 10.1 Å². The summed E-state index contributed by atoms with van der Waals surface area (Å²) in [7, 11) is 0. The molecule has 0 spiro atoms. The molecule has 0 aromatic rings. The highest BCUT2D eigenvalue weighted by molar-refractivity contribution is 4.79. The second-order valence-corrected chi connectivity index (χ2v) is 4.72. The molecule has 16 heavy (non-hydrogen) atoms. The van der Waals surface area contributed by atoms with Crippen LogP contribution < -0.4 is 0 Å². The average Bonchev–Trinajstić information content (AvgIpc) is 3.03. The van der Waals surface area contributed by atoms with Gasteiger partial charge in [0.25, 0.3) is 0 Å². The molecule has 0 aliphatic carbocycles. The van der Waals surface area contributed by atoms with E-state index in [9.17, 15) is 10.1 Å². The van der Waals surface area contributed by atoms with Crippen molar-refractivity contribution in [2.24, 2.45) is 0 Å². The molecule has 94 valence electrons. The Hall–Kier alpha value is -0.640. The smallest absolute Gasteiger partial charge is 0.302 e. The number of nitro groups is 1. The van der Waals surface area contributed by atoms with Crippen LogP contribution in [0.15, 0.2) is 0 Å². The van der Waals surface area contributed by atoms with E-state index in [1.165, 1.54) is 38.5 Å². The second-order valence-electron chi connectivity index (χ2n) is 4.72. The average molecular weight is 229 g/mol. The van der Waals surface area contributed by atoms with Gasteiger partial charge in [0.05, 0.1) is 4.92 Å². The summed E-state index contributed by atoms with van der Waals surface area (Å²) in [5.74, 6) is 0. The van der Waals surface area contributed by atoms with Gasteiger partial charge in [-0.3, -0.25) is 10.1 Å².